The number of hydrogen-bond donors (Lipinski definition) is 2. The molecule has 1 fully saturated rings. The molecule has 0 aliphatic carbocycles. The lowest BCUT2D eigenvalue weighted by molar-refractivity contribution is 0.0442. The Balaban J connectivity index is 2.09. The first-order chi connectivity index (χ1) is 10.1. The summed E-state index contributed by atoms with van der Waals surface area (Å²) in [5.41, 5.74) is 0.605. The average molecular weight is 322 g/mol. The van der Waals surface area contributed by atoms with Gasteiger partial charge in [-0.05, 0) is 54.8 Å². The molecule has 0 unspecified atom stereocenters. The van der Waals surface area contributed by atoms with Crippen LogP contribution in [0, 0.1) is 0 Å². The minimum Gasteiger partial charge on any atom is -0.379 e. The molecule has 0 radical (unpaired) electrons. The Bertz CT molecular complexity index is 558. The van der Waals surface area contributed by atoms with Crippen LogP contribution in [0.25, 0.3) is 0 Å². The standard InChI is InChI=1S/C17H17Cl2NO/c18-14-7-3-12(4-8-14)17(21,16-2-1-11-20-16)13-5-9-15(19)10-6-13/h3-10,16,20-21H,1-2,11H2/t16-/m0/s1. The highest BCUT2D eigenvalue weighted by molar-refractivity contribution is 6.30. The van der Waals surface area contributed by atoms with Gasteiger partial charge in [0.1, 0.15) is 5.60 Å². The van der Waals surface area contributed by atoms with Gasteiger partial charge in [-0.25, -0.2) is 0 Å². The third kappa shape index (κ3) is 2.82. The second-order valence-corrected chi connectivity index (χ2v) is 6.30. The van der Waals surface area contributed by atoms with Gasteiger partial charge in [0.15, 0.2) is 0 Å². The molecule has 0 bridgehead atoms. The lowest BCUT2D eigenvalue weighted by atomic mass is 9.79. The zero-order valence-electron chi connectivity index (χ0n) is 11.5. The van der Waals surface area contributed by atoms with Crippen molar-refractivity contribution in [1.82, 2.24) is 5.32 Å². The maximum absolute atomic E-state index is 11.5. The summed E-state index contributed by atoms with van der Waals surface area (Å²) in [5, 5.41) is 16.2. The molecule has 2 aromatic carbocycles. The Labute approximate surface area is 134 Å². The van der Waals surface area contributed by atoms with Gasteiger partial charge in [-0.3, -0.25) is 0 Å². The van der Waals surface area contributed by atoms with Crippen LogP contribution < -0.4 is 5.32 Å². The molecule has 1 aliphatic rings. The van der Waals surface area contributed by atoms with Crippen LogP contribution in [0.3, 0.4) is 0 Å². The fraction of sp³-hybridized carbons (Fsp3) is 0.294. The van der Waals surface area contributed by atoms with Crippen LogP contribution in [0.4, 0.5) is 0 Å². The van der Waals surface area contributed by atoms with Gasteiger partial charge in [-0.1, -0.05) is 47.5 Å². The molecule has 110 valence electrons. The van der Waals surface area contributed by atoms with Gasteiger partial charge in [-0.15, -0.1) is 0 Å². The molecule has 0 aromatic heterocycles. The van der Waals surface area contributed by atoms with E-state index in [1.807, 2.05) is 48.5 Å². The summed E-state index contributed by atoms with van der Waals surface area (Å²) < 4.78 is 0. The monoisotopic (exact) mass is 321 g/mol. The second-order valence-electron chi connectivity index (χ2n) is 5.43. The van der Waals surface area contributed by atoms with Crippen LogP contribution in [-0.4, -0.2) is 17.7 Å². The van der Waals surface area contributed by atoms with E-state index in [0.717, 1.165) is 30.5 Å². The number of hydrogen-bond acceptors (Lipinski definition) is 2. The van der Waals surface area contributed by atoms with Gasteiger partial charge in [0.25, 0.3) is 0 Å². The van der Waals surface area contributed by atoms with Crippen molar-refractivity contribution in [2.45, 2.75) is 24.5 Å². The van der Waals surface area contributed by atoms with E-state index in [9.17, 15) is 5.11 Å². The smallest absolute Gasteiger partial charge is 0.130 e. The predicted octanol–water partition coefficient (Wildman–Crippen LogP) is 3.98. The molecule has 1 heterocycles. The molecule has 1 saturated heterocycles. The SMILES string of the molecule is OC(c1ccc(Cl)cc1)(c1ccc(Cl)cc1)[C@@H]1CCCN1. The van der Waals surface area contributed by atoms with E-state index in [0.29, 0.717) is 10.0 Å². The molecule has 0 saturated carbocycles. The lowest BCUT2D eigenvalue weighted by Gasteiger charge is -2.35. The highest BCUT2D eigenvalue weighted by Gasteiger charge is 2.41. The maximum Gasteiger partial charge on any atom is 0.130 e. The molecule has 2 aromatic rings. The van der Waals surface area contributed by atoms with Crippen molar-refractivity contribution in [1.29, 1.82) is 0 Å². The highest BCUT2D eigenvalue weighted by atomic mass is 35.5. The van der Waals surface area contributed by atoms with Crippen LogP contribution in [-0.2, 0) is 5.60 Å². The van der Waals surface area contributed by atoms with E-state index in [2.05, 4.69) is 5.32 Å². The zero-order valence-corrected chi connectivity index (χ0v) is 13.0. The van der Waals surface area contributed by atoms with Crippen molar-refractivity contribution in [2.24, 2.45) is 0 Å². The number of halogens is 2. The first-order valence-corrected chi connectivity index (χ1v) is 7.84. The van der Waals surface area contributed by atoms with Gasteiger partial charge in [0.2, 0.25) is 0 Å². The van der Waals surface area contributed by atoms with E-state index in [-0.39, 0.29) is 6.04 Å². The average Bonchev–Trinajstić information content (AvgIpc) is 3.02. The van der Waals surface area contributed by atoms with E-state index >= 15 is 0 Å². The van der Waals surface area contributed by atoms with Gasteiger partial charge in [0, 0.05) is 16.1 Å². The quantitative estimate of drug-likeness (QED) is 0.896. The highest BCUT2D eigenvalue weighted by Crippen LogP contribution is 2.37. The minimum absolute atomic E-state index is 0.0140. The second kappa shape index (κ2) is 5.98. The molecule has 4 heteroatoms. The van der Waals surface area contributed by atoms with Crippen LogP contribution in [0.2, 0.25) is 10.0 Å². The van der Waals surface area contributed by atoms with Gasteiger partial charge in [0.05, 0.1) is 0 Å². The molecule has 0 spiro atoms. The van der Waals surface area contributed by atoms with Crippen molar-refractivity contribution >= 4 is 23.2 Å². The van der Waals surface area contributed by atoms with Crippen molar-refractivity contribution in [2.75, 3.05) is 6.54 Å². The summed E-state index contributed by atoms with van der Waals surface area (Å²) in [7, 11) is 0. The normalized spacial score (nSPS) is 18.9. The Kier molecular flexibility index (Phi) is 4.23. The Morgan fingerprint density at radius 3 is 1.76 bits per heavy atom. The van der Waals surface area contributed by atoms with Crippen molar-refractivity contribution in [3.05, 3.63) is 69.7 Å². The van der Waals surface area contributed by atoms with E-state index in [1.54, 1.807) is 0 Å². The lowest BCUT2D eigenvalue weighted by Crippen LogP contribution is -2.46. The molecule has 2 N–H and O–H groups in total. The predicted molar refractivity (Wildman–Crippen MR) is 86.9 cm³/mol. The van der Waals surface area contributed by atoms with Crippen LogP contribution in [0.15, 0.2) is 48.5 Å². The number of nitrogens with one attached hydrogen (secondary N) is 1. The molecule has 1 aliphatic heterocycles. The minimum atomic E-state index is -1.08. The van der Waals surface area contributed by atoms with Crippen molar-refractivity contribution in [3.8, 4) is 0 Å². The largest absolute Gasteiger partial charge is 0.379 e. The van der Waals surface area contributed by atoms with E-state index in [1.165, 1.54) is 0 Å². The number of rotatable bonds is 3. The molecule has 2 nitrogen and oxygen atoms in total. The number of benzene rings is 2. The molecule has 1 atom stereocenters. The summed E-state index contributed by atoms with van der Waals surface area (Å²) >= 11 is 11.9. The Morgan fingerprint density at radius 1 is 0.905 bits per heavy atom. The first kappa shape index (κ1) is 14.9. The summed E-state index contributed by atoms with van der Waals surface area (Å²) in [4.78, 5) is 0. The summed E-state index contributed by atoms with van der Waals surface area (Å²) in [6.07, 6.45) is 2.00. The van der Waals surface area contributed by atoms with Gasteiger partial charge >= 0.3 is 0 Å². The van der Waals surface area contributed by atoms with Crippen LogP contribution >= 0.6 is 23.2 Å². The summed E-state index contributed by atoms with van der Waals surface area (Å²) in [5.74, 6) is 0. The van der Waals surface area contributed by atoms with Gasteiger partial charge < -0.3 is 10.4 Å². The van der Waals surface area contributed by atoms with Crippen molar-refractivity contribution in [3.63, 3.8) is 0 Å². The molecular weight excluding hydrogens is 305 g/mol. The fourth-order valence-electron chi connectivity index (χ4n) is 3.02. The topological polar surface area (TPSA) is 32.3 Å². The van der Waals surface area contributed by atoms with Crippen LogP contribution in [0.5, 0.6) is 0 Å². The summed E-state index contributed by atoms with van der Waals surface area (Å²) in [6, 6.07) is 14.8. The fourth-order valence-corrected chi connectivity index (χ4v) is 3.27. The molecular formula is C17H17Cl2NO. The molecule has 0 amide bonds. The Morgan fingerprint density at radius 2 is 1.38 bits per heavy atom. The van der Waals surface area contributed by atoms with Crippen LogP contribution in [0.1, 0.15) is 24.0 Å². The van der Waals surface area contributed by atoms with E-state index < -0.39 is 5.60 Å². The number of aliphatic hydroxyl groups is 1. The first-order valence-electron chi connectivity index (χ1n) is 7.08. The van der Waals surface area contributed by atoms with Crippen molar-refractivity contribution < 1.29 is 5.11 Å². The third-order valence-electron chi connectivity index (χ3n) is 4.13. The zero-order chi connectivity index (χ0) is 14.9. The third-order valence-corrected chi connectivity index (χ3v) is 4.64. The molecule has 3 rings (SSSR count). The van der Waals surface area contributed by atoms with E-state index in [4.69, 9.17) is 23.2 Å². The Hall–Kier alpha value is -1.06. The molecule has 21 heavy (non-hydrogen) atoms. The maximum atomic E-state index is 11.5. The summed E-state index contributed by atoms with van der Waals surface area (Å²) in [6.45, 7) is 0.925. The van der Waals surface area contributed by atoms with Gasteiger partial charge in [-0.2, -0.15) is 0 Å².